The van der Waals surface area contributed by atoms with Gasteiger partial charge in [0.05, 0.1) is 5.56 Å². The van der Waals surface area contributed by atoms with E-state index < -0.39 is 4.87 Å². The van der Waals surface area contributed by atoms with Crippen LogP contribution in [0.25, 0.3) is 0 Å². The zero-order valence-corrected chi connectivity index (χ0v) is 13.0. The summed E-state index contributed by atoms with van der Waals surface area (Å²) in [6.45, 7) is 7.72. The van der Waals surface area contributed by atoms with Crippen molar-refractivity contribution in [1.29, 1.82) is 0 Å². The van der Waals surface area contributed by atoms with Crippen molar-refractivity contribution >= 4 is 22.6 Å². The van der Waals surface area contributed by atoms with Gasteiger partial charge in [-0.05, 0) is 19.1 Å². The van der Waals surface area contributed by atoms with Crippen LogP contribution >= 0.6 is 11.8 Å². The molecule has 1 aromatic rings. The quantitative estimate of drug-likeness (QED) is 0.898. The van der Waals surface area contributed by atoms with Crippen LogP contribution < -0.4 is 5.43 Å². The van der Waals surface area contributed by atoms with Crippen LogP contribution in [0.1, 0.15) is 39.7 Å². The van der Waals surface area contributed by atoms with Crippen molar-refractivity contribution in [2.45, 2.75) is 39.0 Å². The van der Waals surface area contributed by atoms with Crippen molar-refractivity contribution in [3.8, 4) is 5.75 Å². The molecule has 5 heteroatoms. The van der Waals surface area contributed by atoms with E-state index in [4.69, 9.17) is 0 Å². The number of phenolic OH excluding ortho intramolecular Hbond substituents is 1. The first-order valence-electron chi connectivity index (χ1n) is 6.57. The van der Waals surface area contributed by atoms with Crippen LogP contribution in [-0.4, -0.2) is 20.8 Å². The molecule has 0 bridgehead atoms. The molecule has 20 heavy (non-hydrogen) atoms. The molecule has 2 N–H and O–H groups in total. The number of hydrogen-bond acceptors (Lipinski definition) is 5. The Balaban J connectivity index is 2.11. The lowest BCUT2D eigenvalue weighted by molar-refractivity contribution is -0.126. The Labute approximate surface area is 123 Å². The summed E-state index contributed by atoms with van der Waals surface area (Å²) in [6, 6.07) is 7.08. The first kappa shape index (κ1) is 14.9. The highest BCUT2D eigenvalue weighted by molar-refractivity contribution is 8.15. The fourth-order valence-corrected chi connectivity index (χ4v) is 2.94. The van der Waals surface area contributed by atoms with Crippen LogP contribution in [0.3, 0.4) is 0 Å². The van der Waals surface area contributed by atoms with Gasteiger partial charge in [0.15, 0.2) is 0 Å². The first-order valence-corrected chi connectivity index (χ1v) is 7.38. The lowest BCUT2D eigenvalue weighted by atomic mass is 9.87. The van der Waals surface area contributed by atoms with E-state index in [-0.39, 0.29) is 16.9 Å². The average molecular weight is 292 g/mol. The van der Waals surface area contributed by atoms with Crippen molar-refractivity contribution in [1.82, 2.24) is 5.43 Å². The van der Waals surface area contributed by atoms with Crippen LogP contribution in [0.2, 0.25) is 0 Å². The number of nitrogens with one attached hydrogen (secondary N) is 1. The summed E-state index contributed by atoms with van der Waals surface area (Å²) >= 11 is 1.48. The highest BCUT2D eigenvalue weighted by Gasteiger charge is 2.38. The van der Waals surface area contributed by atoms with E-state index in [1.54, 1.807) is 12.1 Å². The zero-order valence-electron chi connectivity index (χ0n) is 12.2. The van der Waals surface area contributed by atoms with E-state index in [0.29, 0.717) is 17.0 Å². The molecule has 1 heterocycles. The van der Waals surface area contributed by atoms with Gasteiger partial charge in [0.1, 0.15) is 21.4 Å². The van der Waals surface area contributed by atoms with Gasteiger partial charge in [0.25, 0.3) is 0 Å². The molecule has 108 valence electrons. The number of aromatic hydroxyl groups is 1. The number of hydrogen-bond donors (Lipinski definition) is 2. The number of hydrazone groups is 1. The highest BCUT2D eigenvalue weighted by atomic mass is 32.2. The predicted octanol–water partition coefficient (Wildman–Crippen LogP) is 3.11. The topological polar surface area (TPSA) is 61.7 Å². The van der Waals surface area contributed by atoms with Crippen molar-refractivity contribution < 1.29 is 9.90 Å². The molecule has 0 unspecified atom stereocenters. The molecule has 0 spiro atoms. The molecule has 1 aromatic carbocycles. The number of rotatable bonds is 3. The summed E-state index contributed by atoms with van der Waals surface area (Å²) < 4.78 is 0. The molecule has 0 saturated heterocycles. The second kappa shape index (κ2) is 5.13. The van der Waals surface area contributed by atoms with E-state index in [2.05, 4.69) is 10.5 Å². The number of carbonyl (C=O) groups is 1. The molecule has 0 aromatic heterocycles. The molecule has 0 saturated carbocycles. The Morgan fingerprint density at radius 3 is 2.65 bits per heavy atom. The van der Waals surface area contributed by atoms with Gasteiger partial charge >= 0.3 is 0 Å². The number of thioether (sulfide) groups is 1. The van der Waals surface area contributed by atoms with Gasteiger partial charge in [-0.25, -0.2) is 0 Å². The van der Waals surface area contributed by atoms with Crippen LogP contribution in [-0.2, 0) is 4.79 Å². The SMILES string of the molecule is CC(C)(C)C(=O)C[C@]1(C)NN=C(c2ccccc2O)S1. The Morgan fingerprint density at radius 2 is 2.05 bits per heavy atom. The minimum absolute atomic E-state index is 0.189. The summed E-state index contributed by atoms with van der Waals surface area (Å²) in [6.07, 6.45) is 0.391. The third kappa shape index (κ3) is 3.15. The van der Waals surface area contributed by atoms with Gasteiger partial charge in [-0.1, -0.05) is 44.7 Å². The number of Topliss-reactive ketones (excluding diaryl/α,β-unsaturated/α-hetero) is 1. The summed E-state index contributed by atoms with van der Waals surface area (Å²) in [5.74, 6) is 0.390. The monoisotopic (exact) mass is 292 g/mol. The van der Waals surface area contributed by atoms with Crippen LogP contribution in [0.4, 0.5) is 0 Å². The Kier molecular flexibility index (Phi) is 3.82. The molecule has 1 atom stereocenters. The number of para-hydroxylation sites is 1. The summed E-state index contributed by atoms with van der Waals surface area (Å²) in [5, 5.41) is 14.9. The fourth-order valence-electron chi connectivity index (χ4n) is 1.84. The van der Waals surface area contributed by atoms with Crippen molar-refractivity contribution in [2.75, 3.05) is 0 Å². The molecule has 1 aliphatic heterocycles. The summed E-state index contributed by atoms with van der Waals surface area (Å²) in [4.78, 5) is 11.7. The van der Waals surface area contributed by atoms with Gasteiger partial charge < -0.3 is 5.11 Å². The Bertz CT molecular complexity index is 563. The lowest BCUT2D eigenvalue weighted by Crippen LogP contribution is -2.37. The zero-order chi connectivity index (χ0) is 15.0. The third-order valence-electron chi connectivity index (χ3n) is 3.18. The maximum atomic E-state index is 12.2. The van der Waals surface area contributed by atoms with E-state index >= 15 is 0 Å². The van der Waals surface area contributed by atoms with Crippen LogP contribution in [0.15, 0.2) is 29.4 Å². The number of carbonyl (C=O) groups excluding carboxylic acids is 1. The average Bonchev–Trinajstić information content (AvgIpc) is 2.71. The number of ketones is 1. The third-order valence-corrected chi connectivity index (χ3v) is 4.38. The second-order valence-electron chi connectivity index (χ2n) is 6.23. The van der Waals surface area contributed by atoms with Crippen molar-refractivity contribution in [3.05, 3.63) is 29.8 Å². The van der Waals surface area contributed by atoms with Crippen LogP contribution in [0, 0.1) is 5.41 Å². The van der Waals surface area contributed by atoms with Gasteiger partial charge in [-0.15, -0.1) is 0 Å². The number of phenols is 1. The normalized spacial score (nSPS) is 22.3. The minimum Gasteiger partial charge on any atom is -0.507 e. The number of nitrogens with zero attached hydrogens (tertiary/aromatic N) is 1. The van der Waals surface area contributed by atoms with E-state index in [9.17, 15) is 9.90 Å². The molecule has 0 aliphatic carbocycles. The van der Waals surface area contributed by atoms with E-state index in [1.165, 1.54) is 11.8 Å². The minimum atomic E-state index is -0.456. The molecule has 2 rings (SSSR count). The summed E-state index contributed by atoms with van der Waals surface area (Å²) in [7, 11) is 0. The van der Waals surface area contributed by atoms with Crippen molar-refractivity contribution in [3.63, 3.8) is 0 Å². The molecule has 4 nitrogen and oxygen atoms in total. The van der Waals surface area contributed by atoms with E-state index in [0.717, 1.165) is 0 Å². The Morgan fingerprint density at radius 1 is 1.40 bits per heavy atom. The molecule has 0 fully saturated rings. The standard InChI is InChI=1S/C15H20N2O2S/c1-14(2,3)12(19)9-15(4)17-16-13(20-15)10-7-5-6-8-11(10)18/h5-8,17-18H,9H2,1-4H3/t15-/m1/s1. The highest BCUT2D eigenvalue weighted by Crippen LogP contribution is 2.38. The fraction of sp³-hybridized carbons (Fsp3) is 0.467. The maximum Gasteiger partial charge on any atom is 0.141 e. The van der Waals surface area contributed by atoms with Gasteiger partial charge in [-0.2, -0.15) is 5.10 Å². The molecule has 0 amide bonds. The molecule has 0 radical (unpaired) electrons. The van der Waals surface area contributed by atoms with Gasteiger partial charge in [-0.3, -0.25) is 10.2 Å². The van der Waals surface area contributed by atoms with Crippen LogP contribution in [0.5, 0.6) is 5.75 Å². The first-order chi connectivity index (χ1) is 9.21. The lowest BCUT2D eigenvalue weighted by Gasteiger charge is -2.26. The molecular weight excluding hydrogens is 272 g/mol. The largest absolute Gasteiger partial charge is 0.507 e. The smallest absolute Gasteiger partial charge is 0.141 e. The molecular formula is C15H20N2O2S. The summed E-state index contributed by atoms with van der Waals surface area (Å²) in [5.41, 5.74) is 3.36. The number of benzene rings is 1. The van der Waals surface area contributed by atoms with E-state index in [1.807, 2.05) is 39.8 Å². The second-order valence-corrected chi connectivity index (χ2v) is 7.72. The predicted molar refractivity (Wildman–Crippen MR) is 82.9 cm³/mol. The van der Waals surface area contributed by atoms with Gasteiger partial charge in [0.2, 0.25) is 0 Å². The van der Waals surface area contributed by atoms with Crippen molar-refractivity contribution in [2.24, 2.45) is 10.5 Å². The Hall–Kier alpha value is -1.49. The molecule has 1 aliphatic rings. The van der Waals surface area contributed by atoms with Gasteiger partial charge in [0, 0.05) is 11.8 Å². The maximum absolute atomic E-state index is 12.2.